The summed E-state index contributed by atoms with van der Waals surface area (Å²) in [6.07, 6.45) is 1.89. The standard InChI is InChI=1S/C10H12ClN3/c1-7-13-9(5-12-2)10-4-3-8(11)6-14(7)10/h3-4,6,12H,5H2,1-2H3. The first kappa shape index (κ1) is 9.49. The minimum Gasteiger partial charge on any atom is -0.314 e. The second-order valence-electron chi connectivity index (χ2n) is 3.24. The van der Waals surface area contributed by atoms with Gasteiger partial charge in [-0.2, -0.15) is 0 Å². The highest BCUT2D eigenvalue weighted by molar-refractivity contribution is 6.30. The van der Waals surface area contributed by atoms with Crippen LogP contribution in [0.5, 0.6) is 0 Å². The van der Waals surface area contributed by atoms with Crippen LogP contribution in [0.1, 0.15) is 11.5 Å². The normalized spacial score (nSPS) is 11.1. The molecule has 74 valence electrons. The SMILES string of the molecule is CNCc1nc(C)n2cc(Cl)ccc12. The minimum atomic E-state index is 0.731. The van der Waals surface area contributed by atoms with Crippen molar-refractivity contribution in [3.63, 3.8) is 0 Å². The molecule has 0 aromatic carbocycles. The van der Waals surface area contributed by atoms with Gasteiger partial charge >= 0.3 is 0 Å². The van der Waals surface area contributed by atoms with Gasteiger partial charge in [0.25, 0.3) is 0 Å². The van der Waals surface area contributed by atoms with E-state index in [1.807, 2.05) is 36.7 Å². The van der Waals surface area contributed by atoms with E-state index >= 15 is 0 Å². The summed E-state index contributed by atoms with van der Waals surface area (Å²) in [5.74, 6) is 0.966. The molecular formula is C10H12ClN3. The number of hydrogen-bond acceptors (Lipinski definition) is 2. The lowest BCUT2D eigenvalue weighted by atomic mass is 10.3. The van der Waals surface area contributed by atoms with Crippen molar-refractivity contribution in [1.82, 2.24) is 14.7 Å². The van der Waals surface area contributed by atoms with Crippen LogP contribution >= 0.6 is 11.6 Å². The Morgan fingerprint density at radius 1 is 1.50 bits per heavy atom. The number of halogens is 1. The van der Waals surface area contributed by atoms with Gasteiger partial charge in [0.05, 0.1) is 16.2 Å². The molecule has 1 N–H and O–H groups in total. The van der Waals surface area contributed by atoms with Gasteiger partial charge in [-0.25, -0.2) is 4.98 Å². The van der Waals surface area contributed by atoms with Crippen LogP contribution < -0.4 is 5.32 Å². The van der Waals surface area contributed by atoms with Crippen molar-refractivity contribution >= 4 is 17.1 Å². The molecule has 0 unspecified atom stereocenters. The zero-order valence-electron chi connectivity index (χ0n) is 8.21. The molecule has 3 nitrogen and oxygen atoms in total. The summed E-state index contributed by atoms with van der Waals surface area (Å²) in [6, 6.07) is 3.88. The molecule has 2 rings (SSSR count). The average molecular weight is 210 g/mol. The quantitative estimate of drug-likeness (QED) is 0.820. The lowest BCUT2D eigenvalue weighted by Gasteiger charge is -1.98. The van der Waals surface area contributed by atoms with Gasteiger partial charge in [0, 0.05) is 12.7 Å². The number of nitrogens with one attached hydrogen (secondary N) is 1. The van der Waals surface area contributed by atoms with Crippen LogP contribution in [-0.2, 0) is 6.54 Å². The first-order chi connectivity index (χ1) is 6.72. The lowest BCUT2D eigenvalue weighted by Crippen LogP contribution is -2.05. The zero-order chi connectivity index (χ0) is 10.1. The van der Waals surface area contributed by atoms with Gasteiger partial charge in [0.15, 0.2) is 0 Å². The Balaban J connectivity index is 2.65. The van der Waals surface area contributed by atoms with Gasteiger partial charge in [-0.15, -0.1) is 0 Å². The van der Waals surface area contributed by atoms with Crippen molar-refractivity contribution in [3.05, 3.63) is 34.9 Å². The molecule has 2 heterocycles. The van der Waals surface area contributed by atoms with Crippen LogP contribution in [0, 0.1) is 6.92 Å². The van der Waals surface area contributed by atoms with Gasteiger partial charge in [-0.1, -0.05) is 11.6 Å². The summed E-state index contributed by atoms with van der Waals surface area (Å²) in [4.78, 5) is 4.46. The van der Waals surface area contributed by atoms with E-state index in [-0.39, 0.29) is 0 Å². The Labute approximate surface area is 87.7 Å². The van der Waals surface area contributed by atoms with E-state index in [1.165, 1.54) is 0 Å². The van der Waals surface area contributed by atoms with E-state index in [4.69, 9.17) is 11.6 Å². The number of rotatable bonds is 2. The first-order valence-electron chi connectivity index (χ1n) is 4.50. The fourth-order valence-corrected chi connectivity index (χ4v) is 1.74. The van der Waals surface area contributed by atoms with Crippen molar-refractivity contribution in [2.24, 2.45) is 0 Å². The highest BCUT2D eigenvalue weighted by Crippen LogP contribution is 2.16. The van der Waals surface area contributed by atoms with E-state index in [0.29, 0.717) is 0 Å². The summed E-state index contributed by atoms with van der Waals surface area (Å²) < 4.78 is 2.01. The second-order valence-corrected chi connectivity index (χ2v) is 3.68. The van der Waals surface area contributed by atoms with Crippen molar-refractivity contribution in [2.45, 2.75) is 13.5 Å². The van der Waals surface area contributed by atoms with Crippen LogP contribution in [0.15, 0.2) is 18.3 Å². The third-order valence-corrected chi connectivity index (χ3v) is 2.42. The Bertz CT molecular complexity index is 462. The van der Waals surface area contributed by atoms with Crippen LogP contribution in [0.25, 0.3) is 5.52 Å². The van der Waals surface area contributed by atoms with Crippen molar-refractivity contribution in [3.8, 4) is 0 Å². The maximum atomic E-state index is 5.91. The molecule has 0 radical (unpaired) electrons. The number of imidazole rings is 1. The van der Waals surface area contributed by atoms with Gasteiger partial charge in [0.2, 0.25) is 0 Å². The van der Waals surface area contributed by atoms with E-state index in [2.05, 4.69) is 10.3 Å². The highest BCUT2D eigenvalue weighted by Gasteiger charge is 2.06. The third kappa shape index (κ3) is 1.49. The van der Waals surface area contributed by atoms with Crippen LogP contribution in [0.4, 0.5) is 0 Å². The van der Waals surface area contributed by atoms with Crippen molar-refractivity contribution in [1.29, 1.82) is 0 Å². The maximum Gasteiger partial charge on any atom is 0.110 e. The fraction of sp³-hybridized carbons (Fsp3) is 0.300. The van der Waals surface area contributed by atoms with Crippen molar-refractivity contribution in [2.75, 3.05) is 7.05 Å². The van der Waals surface area contributed by atoms with Crippen LogP contribution in [0.2, 0.25) is 5.02 Å². The molecule has 2 aromatic rings. The molecule has 0 atom stereocenters. The largest absolute Gasteiger partial charge is 0.314 e. The predicted octanol–water partition coefficient (Wildman–Crippen LogP) is 2.02. The topological polar surface area (TPSA) is 29.3 Å². The zero-order valence-corrected chi connectivity index (χ0v) is 8.97. The molecule has 14 heavy (non-hydrogen) atoms. The molecule has 0 saturated heterocycles. The number of nitrogens with zero attached hydrogens (tertiary/aromatic N) is 2. The Morgan fingerprint density at radius 3 is 3.00 bits per heavy atom. The number of aromatic nitrogens is 2. The maximum absolute atomic E-state index is 5.91. The Morgan fingerprint density at radius 2 is 2.29 bits per heavy atom. The van der Waals surface area contributed by atoms with Gasteiger partial charge in [-0.3, -0.25) is 0 Å². The molecule has 0 aliphatic rings. The average Bonchev–Trinajstić information content (AvgIpc) is 2.44. The van der Waals surface area contributed by atoms with Gasteiger partial charge in [-0.05, 0) is 26.1 Å². The second kappa shape index (κ2) is 3.59. The predicted molar refractivity (Wildman–Crippen MR) is 57.7 cm³/mol. The molecule has 0 bridgehead atoms. The molecule has 2 aromatic heterocycles. The Kier molecular flexibility index (Phi) is 2.44. The molecule has 4 heteroatoms. The van der Waals surface area contributed by atoms with E-state index < -0.39 is 0 Å². The minimum absolute atomic E-state index is 0.731. The summed E-state index contributed by atoms with van der Waals surface area (Å²) in [7, 11) is 1.91. The van der Waals surface area contributed by atoms with E-state index in [1.54, 1.807) is 0 Å². The molecule has 0 amide bonds. The molecule has 0 spiro atoms. The summed E-state index contributed by atoms with van der Waals surface area (Å²) >= 11 is 5.91. The van der Waals surface area contributed by atoms with Crippen molar-refractivity contribution < 1.29 is 0 Å². The first-order valence-corrected chi connectivity index (χ1v) is 4.88. The highest BCUT2D eigenvalue weighted by atomic mass is 35.5. The molecule has 0 saturated carbocycles. The number of aryl methyl sites for hydroxylation is 1. The Hall–Kier alpha value is -1.06. The summed E-state index contributed by atoms with van der Waals surface area (Å²) in [5.41, 5.74) is 2.17. The van der Waals surface area contributed by atoms with Crippen LogP contribution in [0.3, 0.4) is 0 Å². The monoisotopic (exact) mass is 209 g/mol. The molecule has 0 fully saturated rings. The molecule has 0 aliphatic carbocycles. The van der Waals surface area contributed by atoms with E-state index in [0.717, 1.165) is 28.6 Å². The number of pyridine rings is 1. The molecule has 0 aliphatic heterocycles. The number of fused-ring (bicyclic) bond motifs is 1. The summed E-state index contributed by atoms with van der Waals surface area (Å²) in [6.45, 7) is 2.75. The van der Waals surface area contributed by atoms with Gasteiger partial charge in [0.1, 0.15) is 5.82 Å². The number of hydrogen-bond donors (Lipinski definition) is 1. The lowest BCUT2D eigenvalue weighted by molar-refractivity contribution is 0.800. The smallest absolute Gasteiger partial charge is 0.110 e. The summed E-state index contributed by atoms with van der Waals surface area (Å²) in [5, 5.41) is 3.83. The van der Waals surface area contributed by atoms with E-state index in [9.17, 15) is 0 Å². The van der Waals surface area contributed by atoms with Gasteiger partial charge < -0.3 is 9.72 Å². The fourth-order valence-electron chi connectivity index (χ4n) is 1.58. The third-order valence-electron chi connectivity index (χ3n) is 2.20. The van der Waals surface area contributed by atoms with Crippen LogP contribution in [-0.4, -0.2) is 16.4 Å². The molecular weight excluding hydrogens is 198 g/mol.